The molecule has 24 heavy (non-hydrogen) atoms. The molecule has 1 atom stereocenters. The van der Waals surface area contributed by atoms with Gasteiger partial charge in [-0.05, 0) is 44.4 Å². The first-order chi connectivity index (χ1) is 11.7. The highest BCUT2D eigenvalue weighted by molar-refractivity contribution is 5.91. The average Bonchev–Trinajstić information content (AvgIpc) is 3.07. The van der Waals surface area contributed by atoms with Crippen molar-refractivity contribution in [1.82, 2.24) is 4.90 Å². The van der Waals surface area contributed by atoms with Gasteiger partial charge in [-0.1, -0.05) is 42.0 Å². The summed E-state index contributed by atoms with van der Waals surface area (Å²) in [4.78, 5) is 14.7. The first-order valence-corrected chi connectivity index (χ1v) is 8.55. The number of likely N-dealkylation sites (tertiary alicyclic amines) is 1. The lowest BCUT2D eigenvalue weighted by atomic mass is 10.0. The normalized spacial score (nSPS) is 16.9. The molecule has 1 heterocycles. The number of aryl methyl sites for hydroxylation is 1. The van der Waals surface area contributed by atoms with Crippen molar-refractivity contribution < 1.29 is 9.53 Å². The van der Waals surface area contributed by atoms with E-state index in [1.54, 1.807) is 0 Å². The molecule has 0 saturated carbocycles. The largest absolute Gasteiger partial charge is 0.492 e. The van der Waals surface area contributed by atoms with Gasteiger partial charge in [-0.2, -0.15) is 0 Å². The van der Waals surface area contributed by atoms with Crippen LogP contribution < -0.4 is 10.1 Å². The number of carbonyl (C=O) groups is 1. The molecule has 4 heteroatoms. The van der Waals surface area contributed by atoms with Crippen LogP contribution in [0.15, 0.2) is 48.5 Å². The molecule has 0 aliphatic carbocycles. The van der Waals surface area contributed by atoms with Crippen LogP contribution in [0.3, 0.4) is 0 Å². The van der Waals surface area contributed by atoms with Crippen molar-refractivity contribution in [3.8, 4) is 5.75 Å². The van der Waals surface area contributed by atoms with Crippen molar-refractivity contribution in [3.05, 3.63) is 59.7 Å². The molecule has 2 amide bonds. The van der Waals surface area contributed by atoms with E-state index in [0.717, 1.165) is 25.1 Å². The van der Waals surface area contributed by atoms with Crippen molar-refractivity contribution in [2.24, 2.45) is 0 Å². The summed E-state index contributed by atoms with van der Waals surface area (Å²) in [7, 11) is 0. The minimum Gasteiger partial charge on any atom is -0.492 e. The van der Waals surface area contributed by atoms with Gasteiger partial charge in [-0.3, -0.25) is 0 Å². The Morgan fingerprint density at radius 1 is 1.21 bits per heavy atom. The molecule has 0 spiro atoms. The van der Waals surface area contributed by atoms with Crippen LogP contribution in [0.5, 0.6) is 5.75 Å². The second kappa shape index (κ2) is 7.39. The van der Waals surface area contributed by atoms with Gasteiger partial charge in [-0.15, -0.1) is 0 Å². The average molecular weight is 324 g/mol. The van der Waals surface area contributed by atoms with Crippen molar-refractivity contribution in [1.29, 1.82) is 0 Å². The number of para-hydroxylation sites is 2. The molecular weight excluding hydrogens is 300 g/mol. The van der Waals surface area contributed by atoms with Crippen molar-refractivity contribution in [3.63, 3.8) is 0 Å². The number of hydrogen-bond acceptors (Lipinski definition) is 2. The van der Waals surface area contributed by atoms with Crippen LogP contribution >= 0.6 is 0 Å². The van der Waals surface area contributed by atoms with E-state index in [9.17, 15) is 4.79 Å². The van der Waals surface area contributed by atoms with E-state index in [0.29, 0.717) is 12.4 Å². The minimum atomic E-state index is -0.0646. The summed E-state index contributed by atoms with van der Waals surface area (Å²) < 4.78 is 5.59. The first-order valence-electron chi connectivity index (χ1n) is 8.55. The number of hydrogen-bond donors (Lipinski definition) is 1. The minimum absolute atomic E-state index is 0.0646. The second-order valence-electron chi connectivity index (χ2n) is 6.12. The van der Waals surface area contributed by atoms with Gasteiger partial charge in [0.05, 0.1) is 18.3 Å². The lowest BCUT2D eigenvalue weighted by Gasteiger charge is -2.26. The third-order valence-corrected chi connectivity index (χ3v) is 4.40. The predicted molar refractivity (Wildman–Crippen MR) is 96.5 cm³/mol. The summed E-state index contributed by atoms with van der Waals surface area (Å²) in [5.74, 6) is 0.708. The maximum absolute atomic E-state index is 12.8. The van der Waals surface area contributed by atoms with Crippen LogP contribution in [0.4, 0.5) is 10.5 Å². The number of nitrogens with zero attached hydrogens (tertiary/aromatic N) is 1. The molecule has 0 unspecified atom stereocenters. The Morgan fingerprint density at radius 2 is 1.96 bits per heavy atom. The lowest BCUT2D eigenvalue weighted by molar-refractivity contribution is 0.207. The molecule has 126 valence electrons. The van der Waals surface area contributed by atoms with E-state index in [4.69, 9.17) is 4.74 Å². The number of nitrogens with one attached hydrogen (secondary N) is 1. The smallest absolute Gasteiger partial charge is 0.322 e. The van der Waals surface area contributed by atoms with Gasteiger partial charge in [-0.25, -0.2) is 4.79 Å². The van der Waals surface area contributed by atoms with E-state index in [1.165, 1.54) is 11.1 Å². The molecular formula is C20H24N2O2. The molecule has 4 nitrogen and oxygen atoms in total. The molecule has 0 radical (unpaired) electrons. The van der Waals surface area contributed by atoms with Gasteiger partial charge in [0.25, 0.3) is 0 Å². The third-order valence-electron chi connectivity index (χ3n) is 4.40. The van der Waals surface area contributed by atoms with Crippen LogP contribution in [0.1, 0.15) is 36.9 Å². The number of carbonyl (C=O) groups excluding carboxylic acids is 1. The fraction of sp³-hybridized carbons (Fsp3) is 0.350. The standard InChI is InChI=1S/C20H24N2O2/c1-3-24-19-9-5-4-7-17(19)21-20(23)22-14-6-8-18(22)16-12-10-15(2)11-13-16/h4-5,7,9-13,18H,3,6,8,14H2,1-2H3,(H,21,23)/t18-/m0/s1. The number of urea groups is 1. The summed E-state index contributed by atoms with van der Waals surface area (Å²) in [6.07, 6.45) is 2.03. The zero-order valence-electron chi connectivity index (χ0n) is 14.3. The molecule has 1 aliphatic rings. The van der Waals surface area contributed by atoms with Crippen molar-refractivity contribution in [2.75, 3.05) is 18.5 Å². The summed E-state index contributed by atoms with van der Waals surface area (Å²) >= 11 is 0. The topological polar surface area (TPSA) is 41.6 Å². The Morgan fingerprint density at radius 3 is 2.71 bits per heavy atom. The van der Waals surface area contributed by atoms with Crippen molar-refractivity contribution >= 4 is 11.7 Å². The van der Waals surface area contributed by atoms with Crippen LogP contribution in [0.2, 0.25) is 0 Å². The number of benzene rings is 2. The lowest BCUT2D eigenvalue weighted by Crippen LogP contribution is -2.34. The number of amides is 2. The zero-order chi connectivity index (χ0) is 16.9. The molecule has 0 aromatic heterocycles. The fourth-order valence-corrected chi connectivity index (χ4v) is 3.18. The number of rotatable bonds is 4. The second-order valence-corrected chi connectivity index (χ2v) is 6.12. The Kier molecular flexibility index (Phi) is 5.04. The van der Waals surface area contributed by atoms with Gasteiger partial charge in [0.2, 0.25) is 0 Å². The van der Waals surface area contributed by atoms with E-state index >= 15 is 0 Å². The van der Waals surface area contributed by atoms with Gasteiger partial charge in [0, 0.05) is 6.54 Å². The van der Waals surface area contributed by atoms with Gasteiger partial charge in [0.1, 0.15) is 5.75 Å². The first kappa shape index (κ1) is 16.4. The zero-order valence-corrected chi connectivity index (χ0v) is 14.3. The van der Waals surface area contributed by atoms with E-state index in [1.807, 2.05) is 36.1 Å². The maximum Gasteiger partial charge on any atom is 0.322 e. The Bertz CT molecular complexity index is 697. The molecule has 1 N–H and O–H groups in total. The number of ether oxygens (including phenoxy) is 1. The van der Waals surface area contributed by atoms with Crippen LogP contribution in [0, 0.1) is 6.92 Å². The van der Waals surface area contributed by atoms with Gasteiger partial charge in [0.15, 0.2) is 0 Å². The van der Waals surface area contributed by atoms with E-state index in [-0.39, 0.29) is 12.1 Å². The predicted octanol–water partition coefficient (Wildman–Crippen LogP) is 4.76. The fourth-order valence-electron chi connectivity index (χ4n) is 3.18. The summed E-state index contributed by atoms with van der Waals surface area (Å²) in [5, 5.41) is 3.01. The molecule has 0 bridgehead atoms. The number of anilines is 1. The highest BCUT2D eigenvalue weighted by Crippen LogP contribution is 2.33. The highest BCUT2D eigenvalue weighted by Gasteiger charge is 2.30. The summed E-state index contributed by atoms with van der Waals surface area (Å²) in [5.41, 5.74) is 3.16. The summed E-state index contributed by atoms with van der Waals surface area (Å²) in [6.45, 7) is 5.36. The molecule has 1 fully saturated rings. The van der Waals surface area contributed by atoms with E-state index < -0.39 is 0 Å². The van der Waals surface area contributed by atoms with Crippen LogP contribution in [-0.2, 0) is 0 Å². The Balaban J connectivity index is 1.75. The summed E-state index contributed by atoms with van der Waals surface area (Å²) in [6, 6.07) is 16.1. The van der Waals surface area contributed by atoms with Gasteiger partial charge < -0.3 is 15.0 Å². The Hall–Kier alpha value is -2.49. The highest BCUT2D eigenvalue weighted by atomic mass is 16.5. The van der Waals surface area contributed by atoms with Gasteiger partial charge >= 0.3 is 6.03 Å². The van der Waals surface area contributed by atoms with Crippen molar-refractivity contribution in [2.45, 2.75) is 32.7 Å². The van der Waals surface area contributed by atoms with Crippen LogP contribution in [0.25, 0.3) is 0 Å². The Labute approximate surface area is 143 Å². The molecule has 3 rings (SSSR count). The van der Waals surface area contributed by atoms with Crippen LogP contribution in [-0.4, -0.2) is 24.1 Å². The third kappa shape index (κ3) is 3.53. The molecule has 1 saturated heterocycles. The SMILES string of the molecule is CCOc1ccccc1NC(=O)N1CCC[C@H]1c1ccc(C)cc1. The quantitative estimate of drug-likeness (QED) is 0.880. The molecule has 1 aliphatic heterocycles. The molecule has 2 aromatic rings. The molecule has 2 aromatic carbocycles. The monoisotopic (exact) mass is 324 g/mol. The maximum atomic E-state index is 12.8. The van der Waals surface area contributed by atoms with E-state index in [2.05, 4.69) is 36.5 Å².